The summed E-state index contributed by atoms with van der Waals surface area (Å²) in [5, 5.41) is 0. The van der Waals surface area contributed by atoms with E-state index >= 15 is 0 Å². The van der Waals surface area contributed by atoms with E-state index in [9.17, 15) is 34.8 Å². The van der Waals surface area contributed by atoms with E-state index in [1.54, 1.807) is 18.2 Å². The van der Waals surface area contributed by atoms with Gasteiger partial charge in [-0.15, -0.1) is 0 Å². The maximum Gasteiger partial charge on any atom is 0.416 e. The molecule has 0 spiro atoms. The van der Waals surface area contributed by atoms with E-state index in [-0.39, 0.29) is 41.7 Å². The molecule has 38 heavy (non-hydrogen) atoms. The summed E-state index contributed by atoms with van der Waals surface area (Å²) in [6, 6.07) is 10.1. The van der Waals surface area contributed by atoms with Gasteiger partial charge in [-0.1, -0.05) is 30.3 Å². The minimum absolute atomic E-state index is 0.0489. The molecule has 2 aliphatic heterocycles. The smallest absolute Gasteiger partial charge is 0.352 e. The fourth-order valence-corrected chi connectivity index (χ4v) is 7.06. The van der Waals surface area contributed by atoms with Crippen molar-refractivity contribution in [3.63, 3.8) is 0 Å². The summed E-state index contributed by atoms with van der Waals surface area (Å²) in [7, 11) is -1.43. The first kappa shape index (κ1) is 28.8. The largest absolute Gasteiger partial charge is 0.416 e. The Hall–Kier alpha value is -2.15. The highest BCUT2D eigenvalue weighted by Crippen LogP contribution is 2.43. The van der Waals surface area contributed by atoms with Gasteiger partial charge in [-0.2, -0.15) is 26.3 Å². The number of sulfone groups is 1. The molecule has 5 unspecified atom stereocenters. The van der Waals surface area contributed by atoms with Crippen LogP contribution in [0.15, 0.2) is 48.5 Å². The Morgan fingerprint density at radius 3 is 2.18 bits per heavy atom. The van der Waals surface area contributed by atoms with Crippen molar-refractivity contribution in [2.75, 3.05) is 31.7 Å². The van der Waals surface area contributed by atoms with Crippen LogP contribution in [0, 0.1) is 5.92 Å². The molecule has 0 aromatic heterocycles. The van der Waals surface area contributed by atoms with Crippen LogP contribution < -0.4 is 0 Å². The predicted octanol–water partition coefficient (Wildman–Crippen LogP) is 5.68. The molecule has 4 rings (SSSR count). The Kier molecular flexibility index (Phi) is 8.19. The van der Waals surface area contributed by atoms with Crippen LogP contribution in [-0.2, 0) is 31.7 Å². The van der Waals surface area contributed by atoms with Gasteiger partial charge in [0.15, 0.2) is 16.1 Å². The third-order valence-corrected chi connectivity index (χ3v) is 8.98. The summed E-state index contributed by atoms with van der Waals surface area (Å²) in [5.74, 6) is -0.744. The summed E-state index contributed by atoms with van der Waals surface area (Å²) in [6.07, 6.45) is -11.6. The monoisotopic (exact) mass is 565 g/mol. The molecule has 0 N–H and O–H groups in total. The van der Waals surface area contributed by atoms with Crippen molar-refractivity contribution in [1.82, 2.24) is 4.90 Å². The van der Waals surface area contributed by atoms with Crippen LogP contribution in [0.5, 0.6) is 0 Å². The first-order chi connectivity index (χ1) is 17.7. The van der Waals surface area contributed by atoms with Gasteiger partial charge in [0, 0.05) is 18.5 Å². The molecule has 0 saturated carbocycles. The number of rotatable bonds is 5. The molecule has 0 radical (unpaired) electrons. The quantitative estimate of drug-likeness (QED) is 0.437. The average molecular weight is 566 g/mol. The second-order valence-electron chi connectivity index (χ2n) is 9.91. The van der Waals surface area contributed by atoms with Crippen LogP contribution in [-0.4, -0.2) is 57.4 Å². The number of hydrogen-bond donors (Lipinski definition) is 0. The molecule has 2 heterocycles. The highest BCUT2D eigenvalue weighted by atomic mass is 32.2. The number of hydrogen-bond acceptors (Lipinski definition) is 5. The topological polar surface area (TPSA) is 55.8 Å². The van der Waals surface area contributed by atoms with Gasteiger partial charge in [-0.05, 0) is 55.6 Å². The van der Waals surface area contributed by atoms with Crippen LogP contribution in [0.3, 0.4) is 0 Å². The van der Waals surface area contributed by atoms with E-state index < -0.39 is 51.6 Å². The molecule has 5 atom stereocenters. The van der Waals surface area contributed by atoms with Crippen LogP contribution in [0.1, 0.15) is 47.6 Å². The molecule has 0 amide bonds. The highest BCUT2D eigenvalue weighted by Gasteiger charge is 2.45. The molecule has 2 saturated heterocycles. The number of ether oxygens (including phenoxy) is 2. The maximum absolute atomic E-state index is 13.4. The van der Waals surface area contributed by atoms with Gasteiger partial charge < -0.3 is 14.4 Å². The summed E-state index contributed by atoms with van der Waals surface area (Å²) < 4.78 is 117. The summed E-state index contributed by atoms with van der Waals surface area (Å²) in [5.41, 5.74) is -2.35. The lowest BCUT2D eigenvalue weighted by atomic mass is 9.77. The second kappa shape index (κ2) is 10.8. The molecular formula is C26H29F6NO4S. The van der Waals surface area contributed by atoms with E-state index in [2.05, 4.69) is 0 Å². The van der Waals surface area contributed by atoms with Gasteiger partial charge in [-0.25, -0.2) is 8.42 Å². The molecule has 2 aromatic rings. The molecule has 2 fully saturated rings. The summed E-state index contributed by atoms with van der Waals surface area (Å²) in [6.45, 7) is 1.94. The summed E-state index contributed by atoms with van der Waals surface area (Å²) in [4.78, 5) is 1.98. The number of benzene rings is 2. The van der Waals surface area contributed by atoms with E-state index in [0.717, 1.165) is 5.56 Å². The Morgan fingerprint density at radius 2 is 1.61 bits per heavy atom. The molecule has 12 heteroatoms. The van der Waals surface area contributed by atoms with Crippen molar-refractivity contribution in [1.29, 1.82) is 0 Å². The molecule has 2 aliphatic rings. The SMILES string of the molecule is CC(OC1OCCC(C2CS(=O)(=O)CCN2C)C1c1ccccc1)c1cc(C(F)(F)F)cc(C(F)(F)F)c1. The highest BCUT2D eigenvalue weighted by molar-refractivity contribution is 7.91. The lowest BCUT2D eigenvalue weighted by Gasteiger charge is -2.46. The van der Waals surface area contributed by atoms with Crippen LogP contribution in [0.4, 0.5) is 26.3 Å². The van der Waals surface area contributed by atoms with Gasteiger partial charge >= 0.3 is 12.4 Å². The van der Waals surface area contributed by atoms with Gasteiger partial charge in [0.05, 0.1) is 35.3 Å². The van der Waals surface area contributed by atoms with E-state index in [0.29, 0.717) is 25.1 Å². The predicted molar refractivity (Wildman–Crippen MR) is 128 cm³/mol. The third-order valence-electron chi connectivity index (χ3n) is 7.33. The molecule has 210 valence electrons. The first-order valence-corrected chi connectivity index (χ1v) is 14.0. The minimum atomic E-state index is -4.98. The molecular weight excluding hydrogens is 536 g/mol. The standard InChI is InChI=1S/C26H29F6NO4S/c1-16(18-12-19(25(27,28)29)14-20(13-18)26(30,31)32)37-24-23(17-6-4-3-5-7-17)21(8-10-36-24)22-15-38(34,35)11-9-33(22)2/h3-7,12-14,16,21-24H,8-11,15H2,1-2H3. The van der Waals surface area contributed by atoms with Crippen LogP contribution >= 0.6 is 0 Å². The molecule has 5 nitrogen and oxygen atoms in total. The number of halogens is 6. The van der Waals surface area contributed by atoms with Crippen molar-refractivity contribution in [3.05, 3.63) is 70.8 Å². The van der Waals surface area contributed by atoms with Gasteiger partial charge in [0.25, 0.3) is 0 Å². The Balaban J connectivity index is 1.69. The fraction of sp³-hybridized carbons (Fsp3) is 0.538. The Morgan fingerprint density at radius 1 is 1.00 bits per heavy atom. The zero-order valence-electron chi connectivity index (χ0n) is 20.8. The van der Waals surface area contributed by atoms with Gasteiger partial charge in [0.1, 0.15) is 0 Å². The maximum atomic E-state index is 13.4. The molecule has 0 bridgehead atoms. The normalized spacial score (nSPS) is 27.7. The third kappa shape index (κ3) is 6.52. The van der Waals surface area contributed by atoms with E-state index in [1.165, 1.54) is 6.92 Å². The van der Waals surface area contributed by atoms with Crippen molar-refractivity contribution < 1.29 is 44.2 Å². The molecule has 0 aliphatic carbocycles. The van der Waals surface area contributed by atoms with Crippen molar-refractivity contribution in [2.45, 2.75) is 50.1 Å². The van der Waals surface area contributed by atoms with E-state index in [1.807, 2.05) is 24.1 Å². The van der Waals surface area contributed by atoms with Crippen LogP contribution in [0.2, 0.25) is 0 Å². The first-order valence-electron chi connectivity index (χ1n) is 12.2. The minimum Gasteiger partial charge on any atom is -0.352 e. The lowest BCUT2D eigenvalue weighted by Crippen LogP contribution is -2.54. The van der Waals surface area contributed by atoms with E-state index in [4.69, 9.17) is 9.47 Å². The Bertz CT molecular complexity index is 1190. The zero-order chi connectivity index (χ0) is 27.9. The zero-order valence-corrected chi connectivity index (χ0v) is 21.6. The molecule has 2 aromatic carbocycles. The van der Waals surface area contributed by atoms with Gasteiger partial charge in [-0.3, -0.25) is 0 Å². The summed E-state index contributed by atoms with van der Waals surface area (Å²) >= 11 is 0. The second-order valence-corrected chi connectivity index (χ2v) is 12.1. The van der Waals surface area contributed by atoms with Crippen LogP contribution in [0.25, 0.3) is 0 Å². The van der Waals surface area contributed by atoms with Crippen molar-refractivity contribution >= 4 is 9.84 Å². The van der Waals surface area contributed by atoms with Gasteiger partial charge in [0.2, 0.25) is 0 Å². The average Bonchev–Trinajstić information content (AvgIpc) is 2.84. The fourth-order valence-electron chi connectivity index (χ4n) is 5.30. The number of nitrogens with zero attached hydrogens (tertiary/aromatic N) is 1. The number of alkyl halides is 6. The Labute approximate surface area is 217 Å². The van der Waals surface area contributed by atoms with Crippen molar-refractivity contribution in [3.8, 4) is 0 Å². The lowest BCUT2D eigenvalue weighted by molar-refractivity contribution is -0.213. The van der Waals surface area contributed by atoms with Crippen molar-refractivity contribution in [2.24, 2.45) is 5.92 Å².